The zero-order chi connectivity index (χ0) is 18.1. The summed E-state index contributed by atoms with van der Waals surface area (Å²) < 4.78 is 25.2. The molecule has 7 heteroatoms. The molecule has 0 saturated carbocycles. The molecular formula is C18H17ClFNO4. The molecule has 1 aliphatic carbocycles. The van der Waals surface area contributed by atoms with Gasteiger partial charge in [0.2, 0.25) is 5.88 Å². The van der Waals surface area contributed by atoms with Crippen LogP contribution in [0, 0.1) is 5.82 Å². The fourth-order valence-corrected chi connectivity index (χ4v) is 3.51. The van der Waals surface area contributed by atoms with Gasteiger partial charge in [-0.25, -0.2) is 9.18 Å². The minimum Gasteiger partial charge on any atom is -0.462 e. The molecule has 1 aromatic rings. The molecule has 2 aliphatic rings. The molecule has 1 aromatic carbocycles. The van der Waals surface area contributed by atoms with Gasteiger partial charge in [-0.1, -0.05) is 17.7 Å². The Morgan fingerprint density at radius 2 is 2.20 bits per heavy atom. The van der Waals surface area contributed by atoms with E-state index in [1.54, 1.807) is 6.92 Å². The lowest BCUT2D eigenvalue weighted by Gasteiger charge is -2.32. The van der Waals surface area contributed by atoms with Gasteiger partial charge in [-0.3, -0.25) is 4.79 Å². The number of halogens is 2. The van der Waals surface area contributed by atoms with E-state index in [-0.39, 0.29) is 40.0 Å². The first-order valence-electron chi connectivity index (χ1n) is 8.00. The summed E-state index contributed by atoms with van der Waals surface area (Å²) in [6.07, 6.45) is 1.39. The molecule has 0 bridgehead atoms. The van der Waals surface area contributed by atoms with Crippen molar-refractivity contribution in [3.63, 3.8) is 0 Å². The number of Topliss-reactive ketones (excluding diaryl/α,β-unsaturated/α-hetero) is 1. The fraction of sp³-hybridized carbons (Fsp3) is 0.333. The van der Waals surface area contributed by atoms with Crippen molar-refractivity contribution in [1.29, 1.82) is 0 Å². The lowest BCUT2D eigenvalue weighted by Crippen LogP contribution is -2.32. The summed E-state index contributed by atoms with van der Waals surface area (Å²) in [5.74, 6) is -2.44. The minimum atomic E-state index is -1.04. The Kier molecular flexibility index (Phi) is 4.81. The average Bonchev–Trinajstić information content (AvgIpc) is 2.54. The van der Waals surface area contributed by atoms with Gasteiger partial charge >= 0.3 is 5.97 Å². The summed E-state index contributed by atoms with van der Waals surface area (Å²) in [4.78, 5) is 25.0. The molecule has 1 heterocycles. The Bertz CT molecular complexity index is 795. The molecule has 5 nitrogen and oxygen atoms in total. The molecule has 0 aromatic heterocycles. The number of allylic oxidation sites excluding steroid dienone is 2. The van der Waals surface area contributed by atoms with Crippen molar-refractivity contribution < 1.29 is 23.5 Å². The lowest BCUT2D eigenvalue weighted by atomic mass is 9.77. The molecule has 0 fully saturated rings. The van der Waals surface area contributed by atoms with Gasteiger partial charge in [0.15, 0.2) is 5.78 Å². The molecule has 0 spiro atoms. The number of ether oxygens (including phenoxy) is 2. The molecule has 3 rings (SSSR count). The molecule has 0 unspecified atom stereocenters. The monoisotopic (exact) mass is 365 g/mol. The summed E-state index contributed by atoms with van der Waals surface area (Å²) in [6.45, 7) is 1.74. The first kappa shape index (κ1) is 17.5. The summed E-state index contributed by atoms with van der Waals surface area (Å²) in [7, 11) is 0. The van der Waals surface area contributed by atoms with E-state index in [4.69, 9.17) is 26.8 Å². The number of hydrogen-bond acceptors (Lipinski definition) is 5. The zero-order valence-electron chi connectivity index (χ0n) is 13.6. The topological polar surface area (TPSA) is 78.6 Å². The van der Waals surface area contributed by atoms with E-state index in [1.165, 1.54) is 18.2 Å². The first-order valence-corrected chi connectivity index (χ1v) is 8.38. The van der Waals surface area contributed by atoms with Crippen molar-refractivity contribution in [3.8, 4) is 0 Å². The second-order valence-corrected chi connectivity index (χ2v) is 6.19. The summed E-state index contributed by atoms with van der Waals surface area (Å²) in [5.41, 5.74) is 6.10. The molecule has 1 atom stereocenters. The number of carbonyl (C=O) groups is 2. The van der Waals surface area contributed by atoms with Crippen molar-refractivity contribution in [2.45, 2.75) is 32.1 Å². The second-order valence-electron chi connectivity index (χ2n) is 5.78. The second kappa shape index (κ2) is 6.88. The standard InChI is InChI=1S/C18H17ClFNO4/c1-2-24-18(23)16-15(13-9(19)5-3-6-10(13)20)14-11(22)7-4-8-12(14)25-17(16)21/h3,5-6,15H,2,4,7-8,21H2,1H3/t15-/m1/s1. The number of carbonyl (C=O) groups excluding carboxylic acids is 2. The van der Waals surface area contributed by atoms with E-state index in [1.807, 2.05) is 0 Å². The Hall–Kier alpha value is -2.34. The van der Waals surface area contributed by atoms with Crippen LogP contribution in [0.25, 0.3) is 0 Å². The van der Waals surface area contributed by atoms with Crippen LogP contribution in [0.2, 0.25) is 5.02 Å². The SMILES string of the molecule is CCOC(=O)C1=C(N)OC2=C(C(=O)CCC2)[C@H]1c1c(F)cccc1Cl. The highest BCUT2D eigenvalue weighted by molar-refractivity contribution is 6.31. The third-order valence-corrected chi connectivity index (χ3v) is 4.60. The third kappa shape index (κ3) is 3.02. The number of ketones is 1. The number of benzene rings is 1. The highest BCUT2D eigenvalue weighted by atomic mass is 35.5. The van der Waals surface area contributed by atoms with Crippen LogP contribution in [-0.2, 0) is 19.1 Å². The number of rotatable bonds is 3. The lowest BCUT2D eigenvalue weighted by molar-refractivity contribution is -0.139. The molecule has 25 heavy (non-hydrogen) atoms. The van der Waals surface area contributed by atoms with Gasteiger partial charge in [-0.05, 0) is 25.5 Å². The van der Waals surface area contributed by atoms with E-state index in [0.717, 1.165) is 0 Å². The molecule has 2 N–H and O–H groups in total. The molecule has 1 aliphatic heterocycles. The van der Waals surface area contributed by atoms with Crippen LogP contribution in [0.5, 0.6) is 0 Å². The summed E-state index contributed by atoms with van der Waals surface area (Å²) in [5, 5.41) is 0.103. The van der Waals surface area contributed by atoms with E-state index in [9.17, 15) is 14.0 Å². The normalized spacial score (nSPS) is 20.3. The van der Waals surface area contributed by atoms with Crippen LogP contribution in [0.1, 0.15) is 37.7 Å². The molecule has 132 valence electrons. The number of hydrogen-bond donors (Lipinski definition) is 1. The fourth-order valence-electron chi connectivity index (χ4n) is 3.24. The maximum atomic E-state index is 14.6. The van der Waals surface area contributed by atoms with Gasteiger partial charge in [0.05, 0.1) is 12.5 Å². The zero-order valence-corrected chi connectivity index (χ0v) is 14.4. The number of nitrogens with two attached hydrogens (primary N) is 1. The van der Waals surface area contributed by atoms with Crippen molar-refractivity contribution in [2.75, 3.05) is 6.61 Å². The van der Waals surface area contributed by atoms with Gasteiger partial charge in [0, 0.05) is 29.0 Å². The van der Waals surface area contributed by atoms with Crippen LogP contribution >= 0.6 is 11.6 Å². The molecule has 0 saturated heterocycles. The van der Waals surface area contributed by atoms with E-state index in [2.05, 4.69) is 0 Å². The van der Waals surface area contributed by atoms with Crippen LogP contribution in [0.15, 0.2) is 41.0 Å². The van der Waals surface area contributed by atoms with Crippen molar-refractivity contribution in [1.82, 2.24) is 0 Å². The Morgan fingerprint density at radius 1 is 1.44 bits per heavy atom. The van der Waals surface area contributed by atoms with Gasteiger partial charge < -0.3 is 15.2 Å². The number of esters is 1. The van der Waals surface area contributed by atoms with E-state index in [0.29, 0.717) is 25.0 Å². The van der Waals surface area contributed by atoms with E-state index >= 15 is 0 Å². The first-order chi connectivity index (χ1) is 12.0. The summed E-state index contributed by atoms with van der Waals surface area (Å²) >= 11 is 6.21. The Labute approximate surface area is 149 Å². The maximum absolute atomic E-state index is 14.6. The quantitative estimate of drug-likeness (QED) is 0.831. The summed E-state index contributed by atoms with van der Waals surface area (Å²) in [6, 6.07) is 4.18. The molecular weight excluding hydrogens is 349 g/mol. The smallest absolute Gasteiger partial charge is 0.340 e. The minimum absolute atomic E-state index is 0.0289. The van der Waals surface area contributed by atoms with Crippen LogP contribution in [0.3, 0.4) is 0 Å². The maximum Gasteiger partial charge on any atom is 0.340 e. The highest BCUT2D eigenvalue weighted by Gasteiger charge is 2.43. The van der Waals surface area contributed by atoms with Gasteiger partial charge in [-0.2, -0.15) is 0 Å². The van der Waals surface area contributed by atoms with Crippen LogP contribution in [-0.4, -0.2) is 18.4 Å². The van der Waals surface area contributed by atoms with Gasteiger partial charge in [0.1, 0.15) is 17.1 Å². The highest BCUT2D eigenvalue weighted by Crippen LogP contribution is 2.46. The third-order valence-electron chi connectivity index (χ3n) is 4.27. The average molecular weight is 366 g/mol. The van der Waals surface area contributed by atoms with Crippen LogP contribution in [0.4, 0.5) is 4.39 Å². The van der Waals surface area contributed by atoms with Gasteiger partial charge in [0.25, 0.3) is 0 Å². The molecule has 0 amide bonds. The largest absolute Gasteiger partial charge is 0.462 e. The van der Waals surface area contributed by atoms with E-state index < -0.39 is 17.7 Å². The van der Waals surface area contributed by atoms with Crippen molar-refractivity contribution in [3.05, 3.63) is 57.4 Å². The molecule has 0 radical (unpaired) electrons. The van der Waals surface area contributed by atoms with Crippen molar-refractivity contribution >= 4 is 23.4 Å². The Balaban J connectivity index is 2.25. The van der Waals surface area contributed by atoms with Gasteiger partial charge in [-0.15, -0.1) is 0 Å². The predicted octanol–water partition coefficient (Wildman–Crippen LogP) is 3.33. The predicted molar refractivity (Wildman–Crippen MR) is 89.0 cm³/mol. The van der Waals surface area contributed by atoms with Crippen LogP contribution < -0.4 is 5.73 Å². The Morgan fingerprint density at radius 3 is 2.88 bits per heavy atom. The van der Waals surface area contributed by atoms with Crippen molar-refractivity contribution in [2.24, 2.45) is 5.73 Å².